The maximum atomic E-state index is 14.2. The van der Waals surface area contributed by atoms with E-state index >= 15 is 0 Å². The molecule has 0 unspecified atom stereocenters. The molecule has 0 atom stereocenters. The van der Waals surface area contributed by atoms with Gasteiger partial charge >= 0.3 is 6.16 Å². The average molecular weight is 473 g/mol. The van der Waals surface area contributed by atoms with Gasteiger partial charge in [0.2, 0.25) is 11.8 Å². The number of carboxylic acid groups (broad SMARTS) is 1. The quantitative estimate of drug-likeness (QED) is 0.347. The van der Waals surface area contributed by atoms with Gasteiger partial charge in [-0.05, 0) is 35.4 Å². The van der Waals surface area contributed by atoms with Gasteiger partial charge in [-0.25, -0.2) is 14.2 Å². The van der Waals surface area contributed by atoms with Crippen molar-refractivity contribution in [2.75, 3.05) is 5.32 Å². The van der Waals surface area contributed by atoms with Crippen molar-refractivity contribution in [3.05, 3.63) is 83.5 Å². The molecule has 0 spiro atoms. The van der Waals surface area contributed by atoms with Gasteiger partial charge in [-0.2, -0.15) is 0 Å². The van der Waals surface area contributed by atoms with Crippen LogP contribution in [0.25, 0.3) is 21.7 Å². The number of aromatic nitrogens is 1. The first-order chi connectivity index (χ1) is 16.5. The number of aliphatic imine (C=N–C) groups is 1. The van der Waals surface area contributed by atoms with Crippen molar-refractivity contribution in [1.29, 1.82) is 0 Å². The fourth-order valence-corrected chi connectivity index (χ4v) is 4.37. The van der Waals surface area contributed by atoms with Crippen LogP contribution in [-0.2, 0) is 4.79 Å². The van der Waals surface area contributed by atoms with Crippen LogP contribution in [0.1, 0.15) is 12.0 Å². The predicted octanol–water partition coefficient (Wildman–Crippen LogP) is 6.14. The summed E-state index contributed by atoms with van der Waals surface area (Å²) in [5, 5.41) is 13.7. The van der Waals surface area contributed by atoms with Crippen LogP contribution < -0.4 is 10.1 Å². The second-order valence-corrected chi connectivity index (χ2v) is 8.29. The molecule has 0 radical (unpaired) electrons. The number of nitrogens with zero attached hydrogens (tertiary/aromatic N) is 2. The van der Waals surface area contributed by atoms with E-state index < -0.39 is 6.16 Å². The average Bonchev–Trinajstić information content (AvgIpc) is 3.20. The molecule has 9 heteroatoms. The number of halogens is 1. The first-order valence-corrected chi connectivity index (χ1v) is 11.1. The van der Waals surface area contributed by atoms with E-state index in [9.17, 15) is 14.0 Å². The molecule has 1 amide bonds. The van der Waals surface area contributed by atoms with E-state index in [1.54, 1.807) is 36.4 Å². The number of nitrogens with one attached hydrogen (secondary N) is 1. The van der Waals surface area contributed by atoms with Crippen LogP contribution in [0.3, 0.4) is 0 Å². The Bertz CT molecular complexity index is 1460. The lowest BCUT2D eigenvalue weighted by Gasteiger charge is -2.09. The molecule has 2 heterocycles. The highest BCUT2D eigenvalue weighted by molar-refractivity contribution is 7.13. The number of hydrogen-bond donors (Lipinski definition) is 2. The summed E-state index contributed by atoms with van der Waals surface area (Å²) in [6.45, 7) is 0. The maximum Gasteiger partial charge on any atom is 0.512 e. The summed E-state index contributed by atoms with van der Waals surface area (Å²) in [6.07, 6.45) is -1.38. The molecular formula is C25H16FN3O4S. The third-order valence-electron chi connectivity index (χ3n) is 5.16. The second kappa shape index (κ2) is 8.87. The van der Waals surface area contributed by atoms with Crippen LogP contribution in [0.4, 0.5) is 20.6 Å². The summed E-state index contributed by atoms with van der Waals surface area (Å²) in [5.74, 6) is -0.578. The van der Waals surface area contributed by atoms with Crippen LogP contribution in [0.5, 0.6) is 5.88 Å². The Kier molecular flexibility index (Phi) is 5.60. The third kappa shape index (κ3) is 4.41. The van der Waals surface area contributed by atoms with Gasteiger partial charge in [0.15, 0.2) is 0 Å². The van der Waals surface area contributed by atoms with E-state index in [1.807, 2.05) is 24.3 Å². The molecule has 1 aromatic heterocycles. The third-order valence-corrected chi connectivity index (χ3v) is 6.03. The molecule has 5 rings (SSSR count). The van der Waals surface area contributed by atoms with E-state index in [1.165, 1.54) is 22.8 Å². The number of anilines is 1. The predicted molar refractivity (Wildman–Crippen MR) is 127 cm³/mol. The van der Waals surface area contributed by atoms with Crippen molar-refractivity contribution in [3.8, 4) is 27.6 Å². The summed E-state index contributed by atoms with van der Waals surface area (Å²) >= 11 is 1.24. The molecule has 0 saturated carbocycles. The van der Waals surface area contributed by atoms with Crippen molar-refractivity contribution >= 4 is 40.5 Å². The number of carbonyl (C=O) groups excluding carboxylic acids is 1. The number of carbonyl (C=O) groups is 2. The van der Waals surface area contributed by atoms with Crippen molar-refractivity contribution in [2.24, 2.45) is 4.99 Å². The summed E-state index contributed by atoms with van der Waals surface area (Å²) in [7, 11) is 0. The monoisotopic (exact) mass is 473 g/mol. The van der Waals surface area contributed by atoms with Gasteiger partial charge in [0.05, 0.1) is 28.9 Å². The lowest BCUT2D eigenvalue weighted by molar-refractivity contribution is -0.115. The Morgan fingerprint density at radius 1 is 1.03 bits per heavy atom. The topological polar surface area (TPSA) is 101 Å². The molecule has 7 nitrogen and oxygen atoms in total. The number of benzene rings is 3. The van der Waals surface area contributed by atoms with Gasteiger partial charge in [0, 0.05) is 11.1 Å². The summed E-state index contributed by atoms with van der Waals surface area (Å²) in [6, 6.07) is 19.0. The zero-order chi connectivity index (χ0) is 23.7. The van der Waals surface area contributed by atoms with Gasteiger partial charge in [-0.3, -0.25) is 9.79 Å². The van der Waals surface area contributed by atoms with E-state index in [0.29, 0.717) is 33.2 Å². The molecule has 0 bridgehead atoms. The summed E-state index contributed by atoms with van der Waals surface area (Å²) in [5.41, 5.74) is 4.19. The SMILES string of the molecule is O=C1CC(c2cccc(-c3nc(OC(=O)O)cs3)c2)=Nc2ccc(-c3ccccc3F)cc2N1. The van der Waals surface area contributed by atoms with Crippen molar-refractivity contribution < 1.29 is 23.8 Å². The number of ether oxygens (including phenoxy) is 1. The first-order valence-electron chi connectivity index (χ1n) is 10.2. The normalized spacial score (nSPS) is 12.9. The molecule has 2 N–H and O–H groups in total. The molecule has 1 aliphatic heterocycles. The largest absolute Gasteiger partial charge is 0.512 e. The van der Waals surface area contributed by atoms with Crippen LogP contribution in [0.15, 0.2) is 77.1 Å². The zero-order valence-corrected chi connectivity index (χ0v) is 18.3. The Hall–Kier alpha value is -4.37. The zero-order valence-electron chi connectivity index (χ0n) is 17.5. The highest BCUT2D eigenvalue weighted by Gasteiger charge is 2.19. The fraction of sp³-hybridized carbons (Fsp3) is 0.0400. The van der Waals surface area contributed by atoms with Crippen molar-refractivity contribution in [3.63, 3.8) is 0 Å². The Morgan fingerprint density at radius 2 is 1.85 bits per heavy atom. The smallest absolute Gasteiger partial charge is 0.449 e. The van der Waals surface area contributed by atoms with Gasteiger partial charge in [-0.1, -0.05) is 42.5 Å². The number of fused-ring (bicyclic) bond motifs is 1. The van der Waals surface area contributed by atoms with Crippen molar-refractivity contribution in [2.45, 2.75) is 6.42 Å². The van der Waals surface area contributed by atoms with Crippen LogP contribution >= 0.6 is 11.3 Å². The molecule has 3 aromatic carbocycles. The van der Waals surface area contributed by atoms with E-state index in [-0.39, 0.29) is 24.0 Å². The minimum absolute atomic E-state index is 0.00340. The number of thiazole rings is 1. The van der Waals surface area contributed by atoms with Crippen molar-refractivity contribution in [1.82, 2.24) is 4.98 Å². The summed E-state index contributed by atoms with van der Waals surface area (Å²) in [4.78, 5) is 32.3. The summed E-state index contributed by atoms with van der Waals surface area (Å²) < 4.78 is 18.8. The molecule has 4 aromatic rings. The van der Waals surface area contributed by atoms with Gasteiger partial charge in [-0.15, -0.1) is 11.3 Å². The highest BCUT2D eigenvalue weighted by atomic mass is 32.1. The number of hydrogen-bond acceptors (Lipinski definition) is 6. The second-order valence-electron chi connectivity index (χ2n) is 7.43. The maximum absolute atomic E-state index is 14.2. The van der Waals surface area contributed by atoms with E-state index in [4.69, 9.17) is 10.1 Å². The van der Waals surface area contributed by atoms with Crippen LogP contribution in [0, 0.1) is 5.82 Å². The Balaban J connectivity index is 1.50. The number of rotatable bonds is 4. The first kappa shape index (κ1) is 21.5. The van der Waals surface area contributed by atoms with Gasteiger partial charge in [0.1, 0.15) is 10.8 Å². The van der Waals surface area contributed by atoms with Crippen LogP contribution in [-0.4, -0.2) is 27.9 Å². The Morgan fingerprint density at radius 3 is 2.68 bits per heavy atom. The molecule has 0 fully saturated rings. The molecule has 0 aliphatic carbocycles. The molecular weight excluding hydrogens is 457 g/mol. The lowest BCUT2D eigenvalue weighted by Crippen LogP contribution is -2.15. The molecule has 34 heavy (non-hydrogen) atoms. The van der Waals surface area contributed by atoms with Gasteiger partial charge in [0.25, 0.3) is 0 Å². The molecule has 0 saturated heterocycles. The van der Waals surface area contributed by atoms with Crippen LogP contribution in [0.2, 0.25) is 0 Å². The molecule has 168 valence electrons. The minimum atomic E-state index is -1.43. The van der Waals surface area contributed by atoms with Gasteiger partial charge < -0.3 is 15.2 Å². The Labute approximate surface area is 197 Å². The lowest BCUT2D eigenvalue weighted by atomic mass is 10.0. The number of amides is 1. The van der Waals surface area contributed by atoms with E-state index in [2.05, 4.69) is 15.0 Å². The fourth-order valence-electron chi connectivity index (χ4n) is 3.65. The standard InChI is InChI=1S/C25H16FN3O4S/c26-18-7-2-1-6-17(18)14-8-9-19-21(11-14)28-22(30)12-20(27-19)15-4-3-5-16(10-15)24-29-23(13-34-24)33-25(31)32/h1-11,13H,12H2,(H,28,30)(H,31,32). The minimum Gasteiger partial charge on any atom is -0.449 e. The highest BCUT2D eigenvalue weighted by Crippen LogP contribution is 2.35. The van der Waals surface area contributed by atoms with E-state index in [0.717, 1.165) is 11.1 Å². The molecule has 1 aliphatic rings.